The molecule has 1 fully saturated rings. The molecule has 3 rings (SSSR count). The minimum absolute atomic E-state index is 0.0641. The summed E-state index contributed by atoms with van der Waals surface area (Å²) in [7, 11) is 0. The van der Waals surface area contributed by atoms with Gasteiger partial charge in [-0.2, -0.15) is 0 Å². The molecule has 7 heteroatoms. The molecule has 1 heterocycles. The lowest BCUT2D eigenvalue weighted by atomic mass is 9.80. The molecule has 24 heavy (non-hydrogen) atoms. The predicted octanol–water partition coefficient (Wildman–Crippen LogP) is 1.85. The second-order valence-electron chi connectivity index (χ2n) is 6.36. The van der Waals surface area contributed by atoms with Crippen molar-refractivity contribution in [2.75, 3.05) is 13.1 Å². The lowest BCUT2D eigenvalue weighted by Gasteiger charge is -2.34. The first-order chi connectivity index (χ1) is 11.4. The van der Waals surface area contributed by atoms with Crippen LogP contribution in [0, 0.1) is 5.92 Å². The maximum Gasteiger partial charge on any atom is 0.343 e. The van der Waals surface area contributed by atoms with Crippen LogP contribution in [0.3, 0.4) is 0 Å². The minimum atomic E-state index is -2.87. The number of aliphatic hydroxyl groups is 1. The Morgan fingerprint density at radius 2 is 2.12 bits per heavy atom. The number of benzene rings is 1. The number of esters is 1. The van der Waals surface area contributed by atoms with E-state index >= 15 is 0 Å². The maximum absolute atomic E-state index is 13.7. The molecule has 0 radical (unpaired) electrons. The highest BCUT2D eigenvalue weighted by Gasteiger charge is 2.54. The van der Waals surface area contributed by atoms with Gasteiger partial charge in [-0.05, 0) is 12.0 Å². The second-order valence-corrected chi connectivity index (χ2v) is 6.36. The molecule has 1 aromatic carbocycles. The van der Waals surface area contributed by atoms with E-state index in [1.54, 1.807) is 30.3 Å². The van der Waals surface area contributed by atoms with Crippen LogP contribution in [0.25, 0.3) is 0 Å². The fourth-order valence-electron chi connectivity index (χ4n) is 3.32. The lowest BCUT2D eigenvalue weighted by molar-refractivity contribution is -0.179. The van der Waals surface area contributed by atoms with Gasteiger partial charge in [0, 0.05) is 18.8 Å². The van der Waals surface area contributed by atoms with E-state index in [0.717, 1.165) is 0 Å². The summed E-state index contributed by atoms with van der Waals surface area (Å²) in [6, 6.07) is 8.18. The quantitative estimate of drug-likeness (QED) is 0.822. The fourth-order valence-corrected chi connectivity index (χ4v) is 3.32. The third-order valence-electron chi connectivity index (χ3n) is 4.63. The molecule has 1 saturated carbocycles. The van der Waals surface area contributed by atoms with E-state index in [4.69, 9.17) is 4.74 Å². The summed E-state index contributed by atoms with van der Waals surface area (Å²) in [5, 5.41) is 14.0. The Kier molecular flexibility index (Phi) is 4.54. The molecular formula is C17H20F2N2O3. The van der Waals surface area contributed by atoms with Gasteiger partial charge in [-0.15, -0.1) is 0 Å². The first-order valence-electron chi connectivity index (χ1n) is 8.00. The van der Waals surface area contributed by atoms with Gasteiger partial charge in [0.25, 0.3) is 0 Å². The number of ether oxygens (including phenoxy) is 1. The first kappa shape index (κ1) is 16.8. The summed E-state index contributed by atoms with van der Waals surface area (Å²) in [6.45, 7) is 0.658. The Hall–Kier alpha value is -2.02. The van der Waals surface area contributed by atoms with Crippen LogP contribution in [0.1, 0.15) is 24.8 Å². The summed E-state index contributed by atoms with van der Waals surface area (Å²) in [5.74, 6) is -4.65. The Morgan fingerprint density at radius 1 is 1.38 bits per heavy atom. The molecule has 0 saturated heterocycles. The normalized spacial score (nSPS) is 28.0. The number of nitrogens with zero attached hydrogens (tertiary/aromatic N) is 1. The Labute approximate surface area is 138 Å². The summed E-state index contributed by atoms with van der Waals surface area (Å²) in [6.07, 6.45) is 0.184. The Morgan fingerprint density at radius 3 is 2.71 bits per heavy atom. The van der Waals surface area contributed by atoms with Gasteiger partial charge < -0.3 is 15.2 Å². The van der Waals surface area contributed by atoms with Gasteiger partial charge in [0.05, 0.1) is 19.4 Å². The number of hydrogen-bond acceptors (Lipinski definition) is 5. The van der Waals surface area contributed by atoms with E-state index in [1.807, 2.05) is 0 Å². The van der Waals surface area contributed by atoms with Gasteiger partial charge >= 0.3 is 5.97 Å². The fraction of sp³-hybridized carbons (Fsp3) is 0.529. The van der Waals surface area contributed by atoms with Crippen molar-refractivity contribution in [1.29, 1.82) is 0 Å². The molecule has 1 aromatic rings. The van der Waals surface area contributed by atoms with Crippen molar-refractivity contribution >= 4 is 12.3 Å². The van der Waals surface area contributed by atoms with Gasteiger partial charge in [0.15, 0.2) is 5.60 Å². The van der Waals surface area contributed by atoms with Gasteiger partial charge in [0.1, 0.15) is 6.10 Å². The molecule has 0 bridgehead atoms. The maximum atomic E-state index is 13.7. The molecule has 0 amide bonds. The largest absolute Gasteiger partial charge is 0.456 e. The van der Waals surface area contributed by atoms with E-state index in [-0.39, 0.29) is 24.9 Å². The van der Waals surface area contributed by atoms with Gasteiger partial charge in [0.2, 0.25) is 5.92 Å². The number of aliphatic imine (C=N–C) groups is 1. The lowest BCUT2D eigenvalue weighted by Crippen LogP contribution is -2.47. The van der Waals surface area contributed by atoms with Crippen LogP contribution in [-0.4, -0.2) is 42.5 Å². The van der Waals surface area contributed by atoms with Crippen molar-refractivity contribution in [2.45, 2.75) is 36.9 Å². The molecule has 1 aliphatic carbocycles. The number of alkyl halides is 2. The minimum Gasteiger partial charge on any atom is -0.456 e. The van der Waals surface area contributed by atoms with Gasteiger partial charge in [-0.3, -0.25) is 4.99 Å². The van der Waals surface area contributed by atoms with Crippen LogP contribution >= 0.6 is 0 Å². The molecule has 3 unspecified atom stereocenters. The van der Waals surface area contributed by atoms with Crippen LogP contribution in [0.5, 0.6) is 0 Å². The van der Waals surface area contributed by atoms with Gasteiger partial charge in [-0.1, -0.05) is 30.3 Å². The first-order valence-corrected chi connectivity index (χ1v) is 8.00. The average molecular weight is 338 g/mol. The summed E-state index contributed by atoms with van der Waals surface area (Å²) >= 11 is 0. The van der Waals surface area contributed by atoms with E-state index < -0.39 is 35.9 Å². The topological polar surface area (TPSA) is 70.9 Å². The van der Waals surface area contributed by atoms with Crippen molar-refractivity contribution in [2.24, 2.45) is 10.9 Å². The van der Waals surface area contributed by atoms with Crippen molar-refractivity contribution in [3.63, 3.8) is 0 Å². The molecule has 5 nitrogen and oxygen atoms in total. The molecule has 0 aromatic heterocycles. The zero-order valence-corrected chi connectivity index (χ0v) is 13.1. The van der Waals surface area contributed by atoms with Crippen molar-refractivity contribution in [3.8, 4) is 0 Å². The van der Waals surface area contributed by atoms with E-state index in [0.29, 0.717) is 6.54 Å². The molecule has 130 valence electrons. The van der Waals surface area contributed by atoms with Crippen LogP contribution in [0.4, 0.5) is 8.78 Å². The number of halogens is 2. The summed E-state index contributed by atoms with van der Waals surface area (Å²) in [4.78, 5) is 16.7. The van der Waals surface area contributed by atoms with Crippen LogP contribution in [0.15, 0.2) is 35.3 Å². The summed E-state index contributed by atoms with van der Waals surface area (Å²) < 4.78 is 32.7. The van der Waals surface area contributed by atoms with Crippen molar-refractivity contribution in [3.05, 3.63) is 35.9 Å². The number of nitrogens with one attached hydrogen (secondary N) is 1. The number of rotatable bonds is 4. The zero-order valence-electron chi connectivity index (χ0n) is 13.1. The second kappa shape index (κ2) is 6.47. The van der Waals surface area contributed by atoms with Crippen LogP contribution in [0.2, 0.25) is 0 Å². The van der Waals surface area contributed by atoms with Crippen molar-refractivity contribution in [1.82, 2.24) is 5.32 Å². The highest BCUT2D eigenvalue weighted by atomic mass is 19.3. The number of carbonyl (C=O) groups is 1. The predicted molar refractivity (Wildman–Crippen MR) is 83.9 cm³/mol. The highest BCUT2D eigenvalue weighted by Crippen LogP contribution is 2.48. The smallest absolute Gasteiger partial charge is 0.343 e. The average Bonchev–Trinajstić information content (AvgIpc) is 2.96. The SMILES string of the molecule is O=C(OC1CN=CNC1)C(O)(c1ccccc1)C1CCC(F)(F)C1. The van der Waals surface area contributed by atoms with E-state index in [9.17, 15) is 18.7 Å². The Bertz CT molecular complexity index is 624. The highest BCUT2D eigenvalue weighted by molar-refractivity contribution is 5.82. The summed E-state index contributed by atoms with van der Waals surface area (Å²) in [5.41, 5.74) is -1.80. The van der Waals surface area contributed by atoms with Gasteiger partial charge in [-0.25, -0.2) is 13.6 Å². The monoisotopic (exact) mass is 338 g/mol. The number of carbonyl (C=O) groups excluding carboxylic acids is 1. The molecule has 3 atom stereocenters. The molecular weight excluding hydrogens is 318 g/mol. The van der Waals surface area contributed by atoms with Crippen LogP contribution in [-0.2, 0) is 15.1 Å². The standard InChI is InChI=1S/C17H20F2N2O3/c18-16(19)7-6-13(8-16)17(23,12-4-2-1-3-5-12)15(22)24-14-9-20-11-21-10-14/h1-5,11,13-14,23H,6-10H2,(H,20,21). The molecule has 1 aliphatic heterocycles. The molecule has 0 spiro atoms. The van der Waals surface area contributed by atoms with E-state index in [2.05, 4.69) is 10.3 Å². The van der Waals surface area contributed by atoms with Crippen molar-refractivity contribution < 1.29 is 23.4 Å². The third kappa shape index (κ3) is 3.26. The number of hydrogen-bond donors (Lipinski definition) is 2. The zero-order chi connectivity index (χ0) is 17.2. The van der Waals surface area contributed by atoms with E-state index in [1.165, 1.54) is 6.34 Å². The molecule has 2 aliphatic rings. The molecule has 2 N–H and O–H groups in total. The Balaban J connectivity index is 1.87. The third-order valence-corrected chi connectivity index (χ3v) is 4.63. The van der Waals surface area contributed by atoms with Crippen LogP contribution < -0.4 is 5.32 Å².